The number of benzene rings is 1. The van der Waals surface area contributed by atoms with Crippen LogP contribution in [-0.2, 0) is 11.2 Å². The average molecular weight is 349 g/mol. The van der Waals surface area contributed by atoms with Crippen LogP contribution in [0.2, 0.25) is 0 Å². The predicted molar refractivity (Wildman–Crippen MR) is 73.6 cm³/mol. The molecule has 1 amide bonds. The summed E-state index contributed by atoms with van der Waals surface area (Å²) in [5.74, 6) is -0.211. The average Bonchev–Trinajstić information content (AvgIpc) is 2.32. The molecule has 5 heteroatoms. The van der Waals surface area contributed by atoms with E-state index >= 15 is 0 Å². The summed E-state index contributed by atoms with van der Waals surface area (Å²) in [6.45, 7) is 1.02. The Bertz CT molecular complexity index is 374. The van der Waals surface area contributed by atoms with Crippen LogP contribution in [0.4, 0.5) is 0 Å². The number of rotatable bonds is 5. The molecule has 0 bridgehead atoms. The Morgan fingerprint density at radius 3 is 2.29 bits per heavy atom. The molecule has 0 aliphatic carbocycles. The first-order chi connectivity index (χ1) is 7.99. The summed E-state index contributed by atoms with van der Waals surface area (Å²) >= 11 is 2.20. The summed E-state index contributed by atoms with van der Waals surface area (Å²) in [6.07, 6.45) is 0.243. The van der Waals surface area contributed by atoms with Gasteiger partial charge in [-0.05, 0) is 47.2 Å². The molecule has 0 aromatic heterocycles. The molecule has 4 nitrogen and oxygen atoms in total. The molecule has 0 saturated carbocycles. The molecule has 0 fully saturated rings. The first kappa shape index (κ1) is 14.4. The van der Waals surface area contributed by atoms with Gasteiger partial charge in [-0.15, -0.1) is 0 Å². The van der Waals surface area contributed by atoms with Gasteiger partial charge in [0.05, 0.1) is 25.2 Å². The van der Waals surface area contributed by atoms with Crippen LogP contribution in [0.15, 0.2) is 24.3 Å². The monoisotopic (exact) mass is 349 g/mol. The number of amides is 1. The largest absolute Gasteiger partial charge is 0.394 e. The maximum absolute atomic E-state index is 11.7. The predicted octanol–water partition coefficient (Wildman–Crippen LogP) is 0.693. The lowest BCUT2D eigenvalue weighted by Gasteiger charge is -2.26. The van der Waals surface area contributed by atoms with Crippen molar-refractivity contribution in [1.82, 2.24) is 5.32 Å². The maximum Gasteiger partial charge on any atom is 0.224 e. The number of nitrogens with one attached hydrogen (secondary N) is 1. The number of halogens is 1. The third-order valence-corrected chi connectivity index (χ3v) is 3.14. The highest BCUT2D eigenvalue weighted by molar-refractivity contribution is 14.1. The van der Waals surface area contributed by atoms with E-state index < -0.39 is 5.54 Å². The van der Waals surface area contributed by atoms with Gasteiger partial charge in [0.1, 0.15) is 0 Å². The van der Waals surface area contributed by atoms with Crippen molar-refractivity contribution >= 4 is 28.5 Å². The molecule has 0 aliphatic rings. The Morgan fingerprint density at radius 2 is 1.82 bits per heavy atom. The zero-order chi connectivity index (χ0) is 12.9. The molecular weight excluding hydrogens is 333 g/mol. The third kappa shape index (κ3) is 4.61. The Balaban J connectivity index is 2.58. The van der Waals surface area contributed by atoms with Crippen molar-refractivity contribution in [3.05, 3.63) is 33.4 Å². The fraction of sp³-hybridized carbons (Fsp3) is 0.417. The van der Waals surface area contributed by atoms with E-state index in [1.807, 2.05) is 24.3 Å². The van der Waals surface area contributed by atoms with Gasteiger partial charge in [0.25, 0.3) is 0 Å². The third-order valence-electron chi connectivity index (χ3n) is 2.42. The van der Waals surface area contributed by atoms with Crippen molar-refractivity contribution in [2.45, 2.75) is 18.9 Å². The van der Waals surface area contributed by atoms with Gasteiger partial charge in [-0.25, -0.2) is 0 Å². The van der Waals surface area contributed by atoms with Crippen LogP contribution in [0.3, 0.4) is 0 Å². The number of carbonyl (C=O) groups excluding carboxylic acids is 1. The second kappa shape index (κ2) is 6.32. The zero-order valence-corrected chi connectivity index (χ0v) is 11.8. The van der Waals surface area contributed by atoms with E-state index in [2.05, 4.69) is 27.9 Å². The highest BCUT2D eigenvalue weighted by Crippen LogP contribution is 2.08. The van der Waals surface area contributed by atoms with E-state index in [0.717, 1.165) is 9.13 Å². The molecular formula is C12H16INO3. The lowest BCUT2D eigenvalue weighted by Crippen LogP contribution is -2.52. The normalized spacial score (nSPS) is 11.3. The van der Waals surface area contributed by atoms with Crippen molar-refractivity contribution in [1.29, 1.82) is 0 Å². The van der Waals surface area contributed by atoms with E-state index in [1.54, 1.807) is 6.92 Å². The summed E-state index contributed by atoms with van der Waals surface area (Å²) in [5.41, 5.74) is -0.0542. The van der Waals surface area contributed by atoms with E-state index in [-0.39, 0.29) is 25.5 Å². The molecule has 0 spiro atoms. The van der Waals surface area contributed by atoms with Crippen LogP contribution < -0.4 is 5.32 Å². The minimum Gasteiger partial charge on any atom is -0.394 e. The summed E-state index contributed by atoms with van der Waals surface area (Å²) < 4.78 is 1.11. The first-order valence-electron chi connectivity index (χ1n) is 5.26. The molecule has 3 N–H and O–H groups in total. The van der Waals surface area contributed by atoms with Crippen LogP contribution in [0.5, 0.6) is 0 Å². The van der Waals surface area contributed by atoms with Gasteiger partial charge in [-0.3, -0.25) is 4.79 Å². The molecule has 0 aliphatic heterocycles. The van der Waals surface area contributed by atoms with Crippen molar-refractivity contribution < 1.29 is 15.0 Å². The van der Waals surface area contributed by atoms with Gasteiger partial charge in [0, 0.05) is 3.57 Å². The minimum absolute atomic E-state index is 0.211. The summed E-state index contributed by atoms with van der Waals surface area (Å²) in [5, 5.41) is 20.7. The Hall–Kier alpha value is -0.660. The highest BCUT2D eigenvalue weighted by Gasteiger charge is 2.24. The zero-order valence-electron chi connectivity index (χ0n) is 9.61. The van der Waals surface area contributed by atoms with Gasteiger partial charge in [0.2, 0.25) is 5.91 Å². The second-order valence-electron chi connectivity index (χ2n) is 4.23. The summed E-state index contributed by atoms with van der Waals surface area (Å²) in [7, 11) is 0. The van der Waals surface area contributed by atoms with Crippen molar-refractivity contribution in [3.63, 3.8) is 0 Å². The molecule has 1 rings (SSSR count). The molecule has 0 atom stereocenters. The molecule has 17 heavy (non-hydrogen) atoms. The van der Waals surface area contributed by atoms with Crippen LogP contribution in [-0.4, -0.2) is 34.9 Å². The number of aliphatic hydroxyl groups is 2. The lowest BCUT2D eigenvalue weighted by atomic mass is 10.0. The molecule has 0 unspecified atom stereocenters. The first-order valence-corrected chi connectivity index (χ1v) is 6.34. The van der Waals surface area contributed by atoms with Crippen molar-refractivity contribution in [3.8, 4) is 0 Å². The topological polar surface area (TPSA) is 69.6 Å². The molecule has 0 heterocycles. The maximum atomic E-state index is 11.7. The number of aliphatic hydroxyl groups excluding tert-OH is 2. The second-order valence-corrected chi connectivity index (χ2v) is 5.47. The van der Waals surface area contributed by atoms with Crippen molar-refractivity contribution in [2.24, 2.45) is 0 Å². The van der Waals surface area contributed by atoms with E-state index in [4.69, 9.17) is 10.2 Å². The molecule has 1 aromatic rings. The highest BCUT2D eigenvalue weighted by atomic mass is 127. The molecule has 0 radical (unpaired) electrons. The van der Waals surface area contributed by atoms with Gasteiger partial charge < -0.3 is 15.5 Å². The smallest absolute Gasteiger partial charge is 0.224 e. The van der Waals surface area contributed by atoms with Crippen LogP contribution in [0.1, 0.15) is 12.5 Å². The van der Waals surface area contributed by atoms with Crippen molar-refractivity contribution in [2.75, 3.05) is 13.2 Å². The lowest BCUT2D eigenvalue weighted by molar-refractivity contribution is -0.123. The van der Waals surface area contributed by atoms with Gasteiger partial charge in [-0.1, -0.05) is 12.1 Å². The summed E-state index contributed by atoms with van der Waals surface area (Å²) in [4.78, 5) is 11.7. The van der Waals surface area contributed by atoms with E-state index in [0.29, 0.717) is 0 Å². The fourth-order valence-corrected chi connectivity index (χ4v) is 1.66. The number of carbonyl (C=O) groups is 1. The summed E-state index contributed by atoms with van der Waals surface area (Å²) in [6, 6.07) is 7.63. The Labute approximate surface area is 114 Å². The van der Waals surface area contributed by atoms with E-state index in [9.17, 15) is 4.79 Å². The van der Waals surface area contributed by atoms with Crippen LogP contribution in [0.25, 0.3) is 0 Å². The Morgan fingerprint density at radius 1 is 1.29 bits per heavy atom. The Kier molecular flexibility index (Phi) is 5.35. The standard InChI is InChI=1S/C12H16INO3/c1-12(7-15,8-16)14-11(17)6-9-2-4-10(13)5-3-9/h2-5,15-16H,6-8H2,1H3,(H,14,17). The fourth-order valence-electron chi connectivity index (χ4n) is 1.30. The van der Waals surface area contributed by atoms with Gasteiger partial charge in [-0.2, -0.15) is 0 Å². The molecule has 94 valence electrons. The SMILES string of the molecule is CC(CO)(CO)NC(=O)Cc1ccc(I)cc1. The number of hydrogen-bond donors (Lipinski definition) is 3. The van der Waals surface area contributed by atoms with Gasteiger partial charge >= 0.3 is 0 Å². The van der Waals surface area contributed by atoms with Crippen LogP contribution >= 0.6 is 22.6 Å². The quantitative estimate of drug-likeness (QED) is 0.686. The van der Waals surface area contributed by atoms with E-state index in [1.165, 1.54) is 0 Å². The van der Waals surface area contributed by atoms with Gasteiger partial charge in [0.15, 0.2) is 0 Å². The minimum atomic E-state index is -0.958. The molecule has 0 saturated heterocycles. The molecule has 1 aromatic carbocycles. The van der Waals surface area contributed by atoms with Crippen LogP contribution in [0, 0.1) is 3.57 Å². The number of hydrogen-bond acceptors (Lipinski definition) is 3.